The fourth-order valence-corrected chi connectivity index (χ4v) is 3.04. The lowest BCUT2D eigenvalue weighted by Crippen LogP contribution is -2.22. The van der Waals surface area contributed by atoms with Crippen LogP contribution in [0.4, 0.5) is 0 Å². The van der Waals surface area contributed by atoms with Crippen LogP contribution in [0.2, 0.25) is 0 Å². The van der Waals surface area contributed by atoms with Crippen molar-refractivity contribution in [1.82, 2.24) is 9.88 Å². The third-order valence-electron chi connectivity index (χ3n) is 3.88. The van der Waals surface area contributed by atoms with E-state index < -0.39 is 0 Å². The Bertz CT molecular complexity index is 578. The average Bonchev–Trinajstić information content (AvgIpc) is 2.66. The summed E-state index contributed by atoms with van der Waals surface area (Å²) in [5.41, 5.74) is 5.84. The number of nitrogens with one attached hydrogen (secondary N) is 1. The standard InChI is InChI=1S/C16H22N2/c1-11(2)17-10-13-8-14-5-4-6-18-12(3)7-15(9-13)16(14)18/h7-9,11,17H,4-6,10H2,1-3H3. The first-order valence-electron chi connectivity index (χ1n) is 7.00. The topological polar surface area (TPSA) is 17.0 Å². The number of aryl methyl sites for hydroxylation is 3. The highest BCUT2D eigenvalue weighted by molar-refractivity contribution is 5.85. The summed E-state index contributed by atoms with van der Waals surface area (Å²) in [6.45, 7) is 8.78. The van der Waals surface area contributed by atoms with Gasteiger partial charge in [0.1, 0.15) is 0 Å². The van der Waals surface area contributed by atoms with E-state index >= 15 is 0 Å². The summed E-state index contributed by atoms with van der Waals surface area (Å²) >= 11 is 0. The Morgan fingerprint density at radius 1 is 1.28 bits per heavy atom. The Morgan fingerprint density at radius 2 is 2.11 bits per heavy atom. The molecule has 0 saturated carbocycles. The summed E-state index contributed by atoms with van der Waals surface area (Å²) in [4.78, 5) is 0. The SMILES string of the molecule is Cc1cc2cc(CNC(C)C)cc3c2n1CCC3. The fourth-order valence-electron chi connectivity index (χ4n) is 3.04. The summed E-state index contributed by atoms with van der Waals surface area (Å²) in [6, 6.07) is 7.63. The number of aromatic nitrogens is 1. The zero-order valence-corrected chi connectivity index (χ0v) is 11.6. The van der Waals surface area contributed by atoms with Crippen molar-refractivity contribution in [3.05, 3.63) is 35.0 Å². The van der Waals surface area contributed by atoms with Crippen LogP contribution < -0.4 is 5.32 Å². The van der Waals surface area contributed by atoms with Gasteiger partial charge in [-0.3, -0.25) is 0 Å². The van der Waals surface area contributed by atoms with Crippen molar-refractivity contribution in [3.63, 3.8) is 0 Å². The van der Waals surface area contributed by atoms with E-state index in [0.29, 0.717) is 6.04 Å². The number of hydrogen-bond donors (Lipinski definition) is 1. The van der Waals surface area contributed by atoms with E-state index in [1.165, 1.54) is 47.1 Å². The molecule has 96 valence electrons. The molecule has 0 atom stereocenters. The van der Waals surface area contributed by atoms with Gasteiger partial charge in [-0.25, -0.2) is 0 Å². The lowest BCUT2D eigenvalue weighted by Gasteiger charge is -2.18. The highest BCUT2D eigenvalue weighted by atomic mass is 15.0. The van der Waals surface area contributed by atoms with Gasteiger partial charge in [0.15, 0.2) is 0 Å². The Hall–Kier alpha value is -1.28. The first-order valence-corrected chi connectivity index (χ1v) is 7.00. The molecule has 0 spiro atoms. The molecule has 1 aliphatic rings. The molecule has 2 aromatic rings. The van der Waals surface area contributed by atoms with Crippen LogP contribution in [0.1, 0.15) is 37.1 Å². The summed E-state index contributed by atoms with van der Waals surface area (Å²) in [6.07, 6.45) is 2.51. The third-order valence-corrected chi connectivity index (χ3v) is 3.88. The zero-order chi connectivity index (χ0) is 12.7. The van der Waals surface area contributed by atoms with E-state index in [2.05, 4.69) is 48.9 Å². The summed E-state index contributed by atoms with van der Waals surface area (Å²) < 4.78 is 2.48. The Kier molecular flexibility index (Phi) is 2.90. The minimum Gasteiger partial charge on any atom is -0.345 e. The van der Waals surface area contributed by atoms with Gasteiger partial charge in [-0.05, 0) is 43.0 Å². The van der Waals surface area contributed by atoms with E-state index in [4.69, 9.17) is 0 Å². The van der Waals surface area contributed by atoms with Gasteiger partial charge in [-0.2, -0.15) is 0 Å². The molecule has 2 heteroatoms. The van der Waals surface area contributed by atoms with Gasteiger partial charge in [0.2, 0.25) is 0 Å². The Morgan fingerprint density at radius 3 is 2.89 bits per heavy atom. The van der Waals surface area contributed by atoms with E-state index in [9.17, 15) is 0 Å². The third kappa shape index (κ3) is 1.95. The minimum atomic E-state index is 0.545. The Balaban J connectivity index is 2.05. The van der Waals surface area contributed by atoms with E-state index in [0.717, 1.165) is 6.54 Å². The average molecular weight is 242 g/mol. The zero-order valence-electron chi connectivity index (χ0n) is 11.6. The molecule has 0 amide bonds. The van der Waals surface area contributed by atoms with Gasteiger partial charge in [0.25, 0.3) is 0 Å². The van der Waals surface area contributed by atoms with Crippen LogP contribution >= 0.6 is 0 Å². The number of hydrogen-bond acceptors (Lipinski definition) is 1. The molecule has 18 heavy (non-hydrogen) atoms. The van der Waals surface area contributed by atoms with Crippen LogP contribution in [-0.4, -0.2) is 10.6 Å². The second kappa shape index (κ2) is 4.43. The first kappa shape index (κ1) is 11.8. The maximum absolute atomic E-state index is 3.51. The molecule has 0 fully saturated rings. The van der Waals surface area contributed by atoms with Crippen molar-refractivity contribution in [2.45, 2.75) is 52.7 Å². The molecule has 0 aliphatic carbocycles. The monoisotopic (exact) mass is 242 g/mol. The summed E-state index contributed by atoms with van der Waals surface area (Å²) in [5, 5.41) is 4.93. The highest BCUT2D eigenvalue weighted by Gasteiger charge is 2.15. The van der Waals surface area contributed by atoms with Crippen molar-refractivity contribution < 1.29 is 0 Å². The predicted octanol–water partition coefficient (Wildman–Crippen LogP) is 3.39. The molecule has 0 radical (unpaired) electrons. The highest BCUT2D eigenvalue weighted by Crippen LogP contribution is 2.29. The molecule has 0 unspecified atom stereocenters. The molecule has 1 aromatic carbocycles. The predicted molar refractivity (Wildman–Crippen MR) is 77.0 cm³/mol. The molecule has 1 aliphatic heterocycles. The van der Waals surface area contributed by atoms with Crippen LogP contribution in [0.25, 0.3) is 10.9 Å². The lowest BCUT2D eigenvalue weighted by atomic mass is 10.0. The fraction of sp³-hybridized carbons (Fsp3) is 0.500. The van der Waals surface area contributed by atoms with Crippen LogP contribution in [0.5, 0.6) is 0 Å². The van der Waals surface area contributed by atoms with Crippen LogP contribution in [0.15, 0.2) is 18.2 Å². The Labute approximate surface area is 109 Å². The van der Waals surface area contributed by atoms with Gasteiger partial charge in [-0.15, -0.1) is 0 Å². The normalized spacial score (nSPS) is 14.7. The first-order chi connectivity index (χ1) is 8.65. The maximum Gasteiger partial charge on any atom is 0.0515 e. The number of rotatable bonds is 3. The van der Waals surface area contributed by atoms with Crippen LogP contribution in [0.3, 0.4) is 0 Å². The second-order valence-corrected chi connectivity index (χ2v) is 5.77. The van der Waals surface area contributed by atoms with E-state index in [-0.39, 0.29) is 0 Å². The van der Waals surface area contributed by atoms with Crippen molar-refractivity contribution >= 4 is 10.9 Å². The maximum atomic E-state index is 3.51. The minimum absolute atomic E-state index is 0.545. The van der Waals surface area contributed by atoms with Crippen molar-refractivity contribution in [1.29, 1.82) is 0 Å². The van der Waals surface area contributed by atoms with Crippen LogP contribution in [-0.2, 0) is 19.5 Å². The lowest BCUT2D eigenvalue weighted by molar-refractivity contribution is 0.587. The van der Waals surface area contributed by atoms with E-state index in [1.807, 2.05) is 0 Å². The number of nitrogens with zero attached hydrogens (tertiary/aromatic N) is 1. The molecule has 1 N–H and O–H groups in total. The summed E-state index contributed by atoms with van der Waals surface area (Å²) in [7, 11) is 0. The van der Waals surface area contributed by atoms with Gasteiger partial charge in [0.05, 0.1) is 5.52 Å². The van der Waals surface area contributed by atoms with Crippen LogP contribution in [0, 0.1) is 6.92 Å². The van der Waals surface area contributed by atoms with Gasteiger partial charge >= 0.3 is 0 Å². The van der Waals surface area contributed by atoms with Gasteiger partial charge in [0, 0.05) is 30.2 Å². The van der Waals surface area contributed by atoms with Crippen molar-refractivity contribution in [2.75, 3.05) is 0 Å². The molecule has 0 bridgehead atoms. The molecule has 2 nitrogen and oxygen atoms in total. The summed E-state index contributed by atoms with van der Waals surface area (Å²) in [5.74, 6) is 0. The number of benzene rings is 1. The van der Waals surface area contributed by atoms with Gasteiger partial charge < -0.3 is 9.88 Å². The second-order valence-electron chi connectivity index (χ2n) is 5.77. The smallest absolute Gasteiger partial charge is 0.0515 e. The molecule has 1 aromatic heterocycles. The molecule has 2 heterocycles. The molecule has 0 saturated heterocycles. The molecule has 3 rings (SSSR count). The van der Waals surface area contributed by atoms with Gasteiger partial charge in [-0.1, -0.05) is 19.9 Å². The van der Waals surface area contributed by atoms with Crippen molar-refractivity contribution in [3.8, 4) is 0 Å². The quantitative estimate of drug-likeness (QED) is 0.873. The van der Waals surface area contributed by atoms with E-state index in [1.54, 1.807) is 0 Å². The molecular weight excluding hydrogens is 220 g/mol. The molecular formula is C16H22N2. The largest absolute Gasteiger partial charge is 0.345 e. The van der Waals surface area contributed by atoms with Crippen molar-refractivity contribution in [2.24, 2.45) is 0 Å².